The SMILES string of the molecule is C=C(/C=C\C=C/C)C(=O)N(N)c1cccc(NC(=O)c2cc(C(=O)Nc3cccc(NC(=O)c4ccccc4)c3)cc(C(=O)Nc3cccc(NC(=O)c4ccccc4)c3)c2)c1. The van der Waals surface area contributed by atoms with Gasteiger partial charge in [0.2, 0.25) is 0 Å². The van der Waals surface area contributed by atoms with Crippen molar-refractivity contribution in [3.8, 4) is 0 Å². The number of nitrogens with one attached hydrogen (secondary N) is 5. The number of rotatable bonds is 14. The lowest BCUT2D eigenvalue weighted by molar-refractivity contribution is -0.114. The van der Waals surface area contributed by atoms with E-state index in [0.29, 0.717) is 33.9 Å². The molecule has 6 rings (SSSR count). The molecular weight excluding hydrogens is 783 g/mol. The number of carbonyl (C=O) groups excluding carboxylic acids is 6. The van der Waals surface area contributed by atoms with E-state index in [1.807, 2.05) is 6.92 Å². The van der Waals surface area contributed by atoms with Crippen LogP contribution in [0.1, 0.15) is 58.7 Å². The molecule has 6 aromatic rings. The Morgan fingerprint density at radius 3 is 1.19 bits per heavy atom. The maximum absolute atomic E-state index is 13.9. The van der Waals surface area contributed by atoms with Crippen molar-refractivity contribution in [2.45, 2.75) is 6.92 Å². The lowest BCUT2D eigenvalue weighted by Gasteiger charge is -2.18. The molecule has 13 heteroatoms. The minimum absolute atomic E-state index is 0.0395. The first-order valence-corrected chi connectivity index (χ1v) is 19.2. The second kappa shape index (κ2) is 20.3. The highest BCUT2D eigenvalue weighted by molar-refractivity contribution is 6.14. The fourth-order valence-corrected chi connectivity index (χ4v) is 5.93. The van der Waals surface area contributed by atoms with E-state index >= 15 is 0 Å². The van der Waals surface area contributed by atoms with Crippen LogP contribution in [0.4, 0.5) is 34.1 Å². The summed E-state index contributed by atoms with van der Waals surface area (Å²) in [6.45, 7) is 5.61. The van der Waals surface area contributed by atoms with Gasteiger partial charge in [-0.15, -0.1) is 0 Å². The molecule has 6 amide bonds. The fraction of sp³-hybridized carbons (Fsp3) is 0.0204. The van der Waals surface area contributed by atoms with Crippen LogP contribution in [0, 0.1) is 0 Å². The van der Waals surface area contributed by atoms with Crippen LogP contribution in [0.2, 0.25) is 0 Å². The molecule has 0 aliphatic heterocycles. The van der Waals surface area contributed by atoms with Crippen molar-refractivity contribution in [3.05, 3.63) is 216 Å². The molecule has 0 heterocycles. The van der Waals surface area contributed by atoms with Crippen LogP contribution in [0.25, 0.3) is 0 Å². The zero-order valence-electron chi connectivity index (χ0n) is 33.4. The zero-order valence-corrected chi connectivity index (χ0v) is 33.4. The summed E-state index contributed by atoms with van der Waals surface area (Å²) in [5.74, 6) is 2.88. The van der Waals surface area contributed by atoms with E-state index in [4.69, 9.17) is 5.84 Å². The van der Waals surface area contributed by atoms with Gasteiger partial charge in [-0.25, -0.2) is 10.9 Å². The molecule has 0 bridgehead atoms. The second-order valence-corrected chi connectivity index (χ2v) is 13.6. The summed E-state index contributed by atoms with van der Waals surface area (Å²) in [5.41, 5.74) is 2.91. The number of nitrogens with zero attached hydrogens (tertiary/aromatic N) is 1. The van der Waals surface area contributed by atoms with Gasteiger partial charge in [-0.05, 0) is 104 Å². The Balaban J connectivity index is 1.25. The summed E-state index contributed by atoms with van der Waals surface area (Å²) in [6, 6.07) is 40.5. The van der Waals surface area contributed by atoms with Gasteiger partial charge in [0.1, 0.15) is 0 Å². The predicted molar refractivity (Wildman–Crippen MR) is 243 cm³/mol. The third kappa shape index (κ3) is 11.5. The molecule has 13 nitrogen and oxygen atoms in total. The smallest absolute Gasteiger partial charge is 0.271 e. The number of amides is 6. The Bertz CT molecular complexity index is 2600. The number of carbonyl (C=O) groups is 6. The maximum Gasteiger partial charge on any atom is 0.271 e. The van der Waals surface area contributed by atoms with Crippen molar-refractivity contribution < 1.29 is 28.8 Å². The number of anilines is 6. The summed E-state index contributed by atoms with van der Waals surface area (Å²) in [6.07, 6.45) is 6.70. The number of nitrogens with two attached hydrogens (primary N) is 1. The summed E-state index contributed by atoms with van der Waals surface area (Å²) < 4.78 is 0. The predicted octanol–water partition coefficient (Wildman–Crippen LogP) is 8.84. The van der Waals surface area contributed by atoms with Crippen LogP contribution in [-0.4, -0.2) is 35.4 Å². The van der Waals surface area contributed by atoms with Crippen LogP contribution < -0.4 is 37.4 Å². The van der Waals surface area contributed by atoms with Gasteiger partial charge in [0.15, 0.2) is 0 Å². The Morgan fingerprint density at radius 1 is 0.452 bits per heavy atom. The van der Waals surface area contributed by atoms with Gasteiger partial charge >= 0.3 is 0 Å². The number of benzene rings is 6. The number of hydrogen-bond acceptors (Lipinski definition) is 7. The standard InChI is InChI=1S/C49H41N7O6/c1-3-4-7-15-32(2)49(62)56(50)43-25-14-24-42(31-43)55-48(61)37-27-35(46(59)53-40-22-12-20-38(29-40)51-44(57)33-16-8-5-9-17-33)26-36(28-37)47(60)54-41-23-13-21-39(30-41)52-45(58)34-18-10-6-11-19-34/h3-31H,2,50H2,1H3,(H,51,57)(H,52,58)(H,53,59)(H,54,60)(H,55,61)/b4-3-,15-7-. The fourth-order valence-electron chi connectivity index (χ4n) is 5.93. The zero-order chi connectivity index (χ0) is 44.0. The van der Waals surface area contributed by atoms with E-state index in [9.17, 15) is 28.8 Å². The Hall–Kier alpha value is -8.68. The van der Waals surface area contributed by atoms with Gasteiger partial charge < -0.3 is 26.6 Å². The average Bonchev–Trinajstić information content (AvgIpc) is 3.29. The second-order valence-electron chi connectivity index (χ2n) is 13.6. The molecule has 0 aromatic heterocycles. The molecule has 0 saturated carbocycles. The van der Waals surface area contributed by atoms with Gasteiger partial charge in [0, 0.05) is 61.8 Å². The van der Waals surface area contributed by atoms with Crippen LogP contribution in [-0.2, 0) is 4.79 Å². The quantitative estimate of drug-likeness (QED) is 0.0208. The molecule has 0 atom stereocenters. The molecule has 0 unspecified atom stereocenters. The molecule has 6 aromatic carbocycles. The normalized spacial score (nSPS) is 10.7. The van der Waals surface area contributed by atoms with E-state index in [1.54, 1.807) is 146 Å². The molecule has 0 radical (unpaired) electrons. The number of hydrazine groups is 1. The highest BCUT2D eigenvalue weighted by Crippen LogP contribution is 2.23. The Labute approximate surface area is 357 Å². The molecule has 7 N–H and O–H groups in total. The van der Waals surface area contributed by atoms with Gasteiger partial charge in [0.05, 0.1) is 5.69 Å². The third-order valence-electron chi connectivity index (χ3n) is 9.02. The summed E-state index contributed by atoms with van der Waals surface area (Å²) >= 11 is 0. The van der Waals surface area contributed by atoms with Crippen molar-refractivity contribution in [3.63, 3.8) is 0 Å². The largest absolute Gasteiger partial charge is 0.322 e. The molecule has 0 aliphatic rings. The Morgan fingerprint density at radius 2 is 0.806 bits per heavy atom. The lowest BCUT2D eigenvalue weighted by Crippen LogP contribution is -2.38. The van der Waals surface area contributed by atoms with Crippen molar-refractivity contribution >= 4 is 69.6 Å². The van der Waals surface area contributed by atoms with Crippen LogP contribution in [0.5, 0.6) is 0 Å². The average molecular weight is 824 g/mol. The van der Waals surface area contributed by atoms with Crippen molar-refractivity contribution in [2.24, 2.45) is 5.84 Å². The monoisotopic (exact) mass is 823 g/mol. The van der Waals surface area contributed by atoms with E-state index in [0.717, 1.165) is 5.01 Å². The molecular formula is C49H41N7O6. The number of hydrogen-bond donors (Lipinski definition) is 6. The van der Waals surface area contributed by atoms with Gasteiger partial charge in [-0.2, -0.15) is 0 Å². The van der Waals surface area contributed by atoms with Crippen LogP contribution >= 0.6 is 0 Å². The number of allylic oxidation sites excluding steroid dienone is 3. The van der Waals surface area contributed by atoms with Crippen molar-refractivity contribution in [1.82, 2.24) is 0 Å². The first-order valence-electron chi connectivity index (χ1n) is 19.2. The first kappa shape index (κ1) is 42.9. The molecule has 0 saturated heterocycles. The van der Waals surface area contributed by atoms with Gasteiger partial charge in [-0.3, -0.25) is 28.8 Å². The first-order chi connectivity index (χ1) is 30.0. The highest BCUT2D eigenvalue weighted by Gasteiger charge is 2.20. The Kier molecular flexibility index (Phi) is 14.1. The summed E-state index contributed by atoms with van der Waals surface area (Å²) in [7, 11) is 0. The molecule has 0 fully saturated rings. The highest BCUT2D eigenvalue weighted by atomic mass is 16.2. The van der Waals surface area contributed by atoms with Crippen LogP contribution in [0.3, 0.4) is 0 Å². The topological polar surface area (TPSA) is 192 Å². The van der Waals surface area contributed by atoms with E-state index < -0.39 is 23.6 Å². The van der Waals surface area contributed by atoms with Crippen LogP contribution in [0.15, 0.2) is 188 Å². The summed E-state index contributed by atoms with van der Waals surface area (Å²) in [5, 5.41) is 14.8. The van der Waals surface area contributed by atoms with E-state index in [2.05, 4.69) is 33.2 Å². The lowest BCUT2D eigenvalue weighted by atomic mass is 10.0. The van der Waals surface area contributed by atoms with Crippen molar-refractivity contribution in [2.75, 3.05) is 31.6 Å². The van der Waals surface area contributed by atoms with E-state index in [-0.39, 0.29) is 45.5 Å². The molecule has 308 valence electrons. The van der Waals surface area contributed by atoms with Gasteiger partial charge in [-0.1, -0.05) is 85.5 Å². The molecule has 62 heavy (non-hydrogen) atoms. The maximum atomic E-state index is 13.9. The molecule has 0 spiro atoms. The van der Waals surface area contributed by atoms with Gasteiger partial charge in [0.25, 0.3) is 35.4 Å². The van der Waals surface area contributed by atoms with Crippen molar-refractivity contribution in [1.29, 1.82) is 0 Å². The summed E-state index contributed by atoms with van der Waals surface area (Å²) in [4.78, 5) is 80.1. The van der Waals surface area contributed by atoms with E-state index in [1.165, 1.54) is 30.3 Å². The third-order valence-corrected chi connectivity index (χ3v) is 9.02. The minimum Gasteiger partial charge on any atom is -0.322 e. The minimum atomic E-state index is -0.685. The molecule has 0 aliphatic carbocycles.